The van der Waals surface area contributed by atoms with E-state index in [4.69, 9.17) is 4.18 Å². The second-order valence-corrected chi connectivity index (χ2v) is 7.72. The first-order valence-corrected chi connectivity index (χ1v) is 9.11. The zero-order valence-electron chi connectivity index (χ0n) is 11.8. The highest BCUT2D eigenvalue weighted by Gasteiger charge is 2.44. The monoisotopic (exact) mass is 436 g/mol. The molecular formula is C13H7BrF2N2O4S2. The molecule has 0 fully saturated rings. The minimum Gasteiger partial charge on any atom is -0.395 e. The number of aryl methyl sites for hydroxylation is 1. The molecule has 11 heteroatoms. The summed E-state index contributed by atoms with van der Waals surface area (Å²) in [5.74, 6) is -0.296. The van der Waals surface area contributed by atoms with Gasteiger partial charge in [0.05, 0.1) is 11.0 Å². The van der Waals surface area contributed by atoms with E-state index in [-0.39, 0.29) is 16.2 Å². The molecule has 3 heterocycles. The number of alkyl halides is 2. The van der Waals surface area contributed by atoms with Gasteiger partial charge in [0.25, 0.3) is 0 Å². The highest BCUT2D eigenvalue weighted by Crippen LogP contribution is 2.43. The molecule has 1 aliphatic rings. The van der Waals surface area contributed by atoms with Gasteiger partial charge < -0.3 is 13.7 Å². The van der Waals surface area contributed by atoms with Gasteiger partial charge >= 0.3 is 17.6 Å². The van der Waals surface area contributed by atoms with E-state index in [1.165, 1.54) is 27.4 Å². The van der Waals surface area contributed by atoms with Crippen LogP contribution >= 0.6 is 27.3 Å². The number of imidazole rings is 1. The Morgan fingerprint density at radius 2 is 2.04 bits per heavy atom. The second-order valence-electron chi connectivity index (χ2n) is 4.80. The van der Waals surface area contributed by atoms with Crippen molar-refractivity contribution in [2.75, 3.05) is 0 Å². The number of aromatic nitrogens is 2. The maximum Gasteiger partial charge on any atom is 0.586 e. The number of halogens is 3. The Bertz CT molecular complexity index is 988. The highest BCUT2D eigenvalue weighted by atomic mass is 79.9. The molecule has 0 bridgehead atoms. The van der Waals surface area contributed by atoms with E-state index < -0.39 is 17.6 Å². The number of benzene rings is 1. The predicted molar refractivity (Wildman–Crippen MR) is 86.9 cm³/mol. The third kappa shape index (κ3) is 2.66. The number of ether oxygens (including phenoxy) is 2. The topological polar surface area (TPSA) is 62.6 Å². The van der Waals surface area contributed by atoms with Crippen LogP contribution < -0.4 is 13.7 Å². The largest absolute Gasteiger partial charge is 0.586 e. The molecule has 1 aromatic carbocycles. The Kier molecular flexibility index (Phi) is 3.55. The van der Waals surface area contributed by atoms with Crippen molar-refractivity contribution in [1.82, 2.24) is 8.96 Å². The fourth-order valence-electron chi connectivity index (χ4n) is 2.18. The van der Waals surface area contributed by atoms with Crippen molar-refractivity contribution in [2.45, 2.75) is 13.2 Å². The van der Waals surface area contributed by atoms with Crippen molar-refractivity contribution < 1.29 is 26.6 Å². The van der Waals surface area contributed by atoms with E-state index in [2.05, 4.69) is 30.4 Å². The average Bonchev–Trinajstić information content (AvgIpc) is 3.09. The maximum atomic E-state index is 13.2. The van der Waals surface area contributed by atoms with Gasteiger partial charge in [0.2, 0.25) is 0 Å². The maximum absolute atomic E-state index is 13.2. The number of nitrogens with zero attached hydrogens (tertiary/aromatic N) is 2. The highest BCUT2D eigenvalue weighted by molar-refractivity contribution is 9.10. The molecule has 6 nitrogen and oxygen atoms in total. The predicted octanol–water partition coefficient (Wildman–Crippen LogP) is 4.00. The average molecular weight is 437 g/mol. The van der Waals surface area contributed by atoms with Gasteiger partial charge in [0.1, 0.15) is 0 Å². The lowest BCUT2D eigenvalue weighted by molar-refractivity contribution is -0.286. The van der Waals surface area contributed by atoms with Crippen LogP contribution in [0.25, 0.3) is 11.0 Å². The van der Waals surface area contributed by atoms with Gasteiger partial charge in [-0.3, -0.25) is 0 Å². The van der Waals surface area contributed by atoms with Crippen LogP contribution in [0.2, 0.25) is 0 Å². The number of fused-ring (bicyclic) bond motifs is 2. The van der Waals surface area contributed by atoms with Crippen molar-refractivity contribution in [3.8, 4) is 16.6 Å². The molecule has 4 rings (SSSR count). The van der Waals surface area contributed by atoms with Crippen LogP contribution in [0, 0.1) is 6.92 Å². The van der Waals surface area contributed by atoms with Crippen LogP contribution in [-0.2, 0) is 11.3 Å². The van der Waals surface area contributed by atoms with Crippen molar-refractivity contribution in [3.63, 3.8) is 0 Å². The minimum absolute atomic E-state index is 0.134. The molecule has 0 amide bonds. The minimum atomic E-state index is -3.73. The van der Waals surface area contributed by atoms with Crippen molar-refractivity contribution in [3.05, 3.63) is 33.9 Å². The fourth-order valence-corrected chi connectivity index (χ4v) is 4.56. The third-order valence-corrected chi connectivity index (χ3v) is 5.86. The van der Waals surface area contributed by atoms with Gasteiger partial charge in [0.15, 0.2) is 21.3 Å². The summed E-state index contributed by atoms with van der Waals surface area (Å²) in [5.41, 5.74) is 0.606. The summed E-state index contributed by atoms with van der Waals surface area (Å²) in [5, 5.41) is 0.465. The summed E-state index contributed by atoms with van der Waals surface area (Å²) < 4.78 is 54.5. The SMILES string of the molecule is Cc1ccc(OS(=O)n2c(Br)nc3cc4c(cc32)OC(F)(F)O4)s1. The van der Waals surface area contributed by atoms with E-state index in [1.54, 1.807) is 6.07 Å². The quantitative estimate of drug-likeness (QED) is 0.620. The molecule has 24 heavy (non-hydrogen) atoms. The van der Waals surface area contributed by atoms with Crippen molar-refractivity contribution in [1.29, 1.82) is 0 Å². The van der Waals surface area contributed by atoms with Crippen LogP contribution in [0.4, 0.5) is 8.78 Å². The Morgan fingerprint density at radius 3 is 2.71 bits per heavy atom. The molecule has 0 radical (unpaired) electrons. The van der Waals surface area contributed by atoms with Crippen molar-refractivity contribution in [2.24, 2.45) is 0 Å². The molecule has 1 unspecified atom stereocenters. The Hall–Kier alpha value is -1.72. The van der Waals surface area contributed by atoms with Crippen LogP contribution in [0.5, 0.6) is 16.6 Å². The summed E-state index contributed by atoms with van der Waals surface area (Å²) in [4.78, 5) is 5.14. The van der Waals surface area contributed by atoms with E-state index in [0.717, 1.165) is 4.88 Å². The summed E-state index contributed by atoms with van der Waals surface area (Å²) in [6, 6.07) is 6.10. The van der Waals surface area contributed by atoms with E-state index in [0.29, 0.717) is 16.1 Å². The lowest BCUT2D eigenvalue weighted by Crippen LogP contribution is -2.25. The molecule has 3 aromatic rings. The van der Waals surface area contributed by atoms with Gasteiger partial charge in [-0.1, -0.05) is 0 Å². The normalized spacial score (nSPS) is 16.5. The first-order valence-electron chi connectivity index (χ1n) is 6.47. The molecule has 0 N–H and O–H groups in total. The van der Waals surface area contributed by atoms with E-state index in [9.17, 15) is 13.0 Å². The van der Waals surface area contributed by atoms with Crippen LogP contribution in [0.15, 0.2) is 29.0 Å². The number of hydrogen-bond acceptors (Lipinski definition) is 6. The van der Waals surface area contributed by atoms with E-state index >= 15 is 0 Å². The molecule has 0 spiro atoms. The third-order valence-electron chi connectivity index (χ3n) is 3.12. The van der Waals surface area contributed by atoms with Crippen LogP contribution in [0.1, 0.15) is 4.88 Å². The molecular weight excluding hydrogens is 430 g/mol. The molecule has 1 aliphatic heterocycles. The molecule has 126 valence electrons. The van der Waals surface area contributed by atoms with Gasteiger partial charge in [0, 0.05) is 17.0 Å². The molecule has 0 saturated carbocycles. The zero-order chi connectivity index (χ0) is 17.1. The first-order chi connectivity index (χ1) is 11.3. The number of thiophene rings is 1. The van der Waals surface area contributed by atoms with Gasteiger partial charge in [-0.05, 0) is 35.0 Å². The summed E-state index contributed by atoms with van der Waals surface area (Å²) in [7, 11) is 0. The molecule has 0 aliphatic carbocycles. The summed E-state index contributed by atoms with van der Waals surface area (Å²) in [6.45, 7) is 1.89. The first kappa shape index (κ1) is 15.8. The summed E-state index contributed by atoms with van der Waals surface area (Å²) in [6.07, 6.45) is -3.73. The van der Waals surface area contributed by atoms with Gasteiger partial charge in [-0.2, -0.15) is 4.21 Å². The number of rotatable bonds is 3. The molecule has 0 saturated heterocycles. The van der Waals surface area contributed by atoms with Crippen LogP contribution in [-0.4, -0.2) is 19.5 Å². The molecule has 1 atom stereocenters. The van der Waals surface area contributed by atoms with E-state index in [1.807, 2.05) is 13.0 Å². The van der Waals surface area contributed by atoms with Gasteiger partial charge in [-0.25, -0.2) is 8.96 Å². The lowest BCUT2D eigenvalue weighted by Gasteiger charge is -2.05. The smallest absolute Gasteiger partial charge is 0.395 e. The van der Waals surface area contributed by atoms with Crippen molar-refractivity contribution >= 4 is 49.6 Å². The Labute approximate surface area is 148 Å². The Morgan fingerprint density at radius 1 is 1.33 bits per heavy atom. The second kappa shape index (κ2) is 5.39. The fraction of sp³-hybridized carbons (Fsp3) is 0.154. The molecule has 2 aromatic heterocycles. The Balaban J connectivity index is 1.75. The zero-order valence-corrected chi connectivity index (χ0v) is 15.0. The lowest BCUT2D eigenvalue weighted by atomic mass is 10.3. The van der Waals surface area contributed by atoms with Crippen LogP contribution in [0.3, 0.4) is 0 Å². The summed E-state index contributed by atoms with van der Waals surface area (Å²) >= 11 is 2.57. The standard InChI is InChI=1S/C13H7BrF2N2O4S2/c1-6-2-3-11(23-6)22-24(19)18-8-5-10-9(20-13(15,16)21-10)4-7(8)17-12(18)14/h2-5H,1H3. The number of hydrogen-bond donors (Lipinski definition) is 0. The van der Waals surface area contributed by atoms with Gasteiger partial charge in [-0.15, -0.1) is 20.1 Å².